The van der Waals surface area contributed by atoms with Crippen LogP contribution >= 0.6 is 0 Å². The second-order valence-corrected chi connectivity index (χ2v) is 1.58. The first kappa shape index (κ1) is 5.94. The molecule has 1 heterocycles. The Bertz CT molecular complexity index is 184. The molecule has 0 amide bonds. The number of anilines is 1. The normalized spacial score (nSPS) is 9.44. The summed E-state index contributed by atoms with van der Waals surface area (Å²) in [5.74, 6) is 1.11. The van der Waals surface area contributed by atoms with Gasteiger partial charge in [0.05, 0.1) is 12.8 Å². The van der Waals surface area contributed by atoms with Crippen LogP contribution < -0.4 is 10.5 Å². The summed E-state index contributed by atoms with van der Waals surface area (Å²) in [6.07, 6.45) is 1.55. The molecule has 0 aliphatic heterocycles. The SMILES string of the molecule is CCOc1cn[nH]c1N. The minimum absolute atomic E-state index is 0.483. The van der Waals surface area contributed by atoms with Crippen molar-refractivity contribution in [2.24, 2.45) is 0 Å². The molecule has 0 aliphatic rings. The van der Waals surface area contributed by atoms with Gasteiger partial charge in [0.2, 0.25) is 0 Å². The van der Waals surface area contributed by atoms with Gasteiger partial charge in [0, 0.05) is 0 Å². The molecule has 4 heteroatoms. The van der Waals surface area contributed by atoms with Crippen molar-refractivity contribution in [3.05, 3.63) is 6.20 Å². The quantitative estimate of drug-likeness (QED) is 0.604. The Morgan fingerprint density at radius 2 is 2.67 bits per heavy atom. The fraction of sp³-hybridized carbons (Fsp3) is 0.400. The summed E-state index contributed by atoms with van der Waals surface area (Å²) in [5.41, 5.74) is 5.38. The Morgan fingerprint density at radius 3 is 3.11 bits per heavy atom. The summed E-state index contributed by atoms with van der Waals surface area (Å²) >= 11 is 0. The van der Waals surface area contributed by atoms with Crippen LogP contribution in [0.1, 0.15) is 6.92 Å². The van der Waals surface area contributed by atoms with E-state index < -0.39 is 0 Å². The standard InChI is InChI=1S/C5H9N3O/c1-2-9-4-3-7-8-5(4)6/h3H,2H2,1H3,(H3,6,7,8). The molecule has 0 atom stereocenters. The maximum Gasteiger partial charge on any atom is 0.180 e. The molecule has 0 bridgehead atoms. The van der Waals surface area contributed by atoms with E-state index in [1.807, 2.05) is 6.92 Å². The van der Waals surface area contributed by atoms with Crippen molar-refractivity contribution in [1.29, 1.82) is 0 Å². The predicted molar refractivity (Wildman–Crippen MR) is 34.2 cm³/mol. The van der Waals surface area contributed by atoms with Crippen molar-refractivity contribution in [3.8, 4) is 5.75 Å². The van der Waals surface area contributed by atoms with Gasteiger partial charge >= 0.3 is 0 Å². The lowest BCUT2D eigenvalue weighted by Crippen LogP contribution is -1.93. The Hall–Kier alpha value is -1.19. The molecule has 0 unspecified atom stereocenters. The summed E-state index contributed by atoms with van der Waals surface area (Å²) in [4.78, 5) is 0. The predicted octanol–water partition coefficient (Wildman–Crippen LogP) is 0.391. The van der Waals surface area contributed by atoms with Crippen molar-refractivity contribution >= 4 is 5.82 Å². The molecule has 1 rings (SSSR count). The average Bonchev–Trinajstić information content (AvgIpc) is 2.18. The number of nitrogens with one attached hydrogen (secondary N) is 1. The molecule has 0 fully saturated rings. The van der Waals surface area contributed by atoms with Crippen LogP contribution in [0.2, 0.25) is 0 Å². The second-order valence-electron chi connectivity index (χ2n) is 1.58. The van der Waals surface area contributed by atoms with Gasteiger partial charge in [-0.15, -0.1) is 0 Å². The monoisotopic (exact) mass is 127 g/mol. The number of aromatic amines is 1. The lowest BCUT2D eigenvalue weighted by Gasteiger charge is -1.96. The molecule has 0 spiro atoms. The highest BCUT2D eigenvalue weighted by Gasteiger charge is 1.97. The van der Waals surface area contributed by atoms with Crippen molar-refractivity contribution in [3.63, 3.8) is 0 Å². The second kappa shape index (κ2) is 2.39. The molecule has 50 valence electrons. The van der Waals surface area contributed by atoms with Crippen LogP contribution in [0.15, 0.2) is 6.20 Å². The van der Waals surface area contributed by atoms with Crippen LogP contribution in [0, 0.1) is 0 Å². The third-order valence-corrected chi connectivity index (χ3v) is 0.932. The third-order valence-electron chi connectivity index (χ3n) is 0.932. The third kappa shape index (κ3) is 1.13. The minimum Gasteiger partial charge on any atom is -0.488 e. The van der Waals surface area contributed by atoms with Gasteiger partial charge in [-0.1, -0.05) is 0 Å². The van der Waals surface area contributed by atoms with E-state index in [0.29, 0.717) is 18.2 Å². The number of ether oxygens (including phenoxy) is 1. The Kier molecular flexibility index (Phi) is 1.58. The number of rotatable bonds is 2. The molecule has 9 heavy (non-hydrogen) atoms. The van der Waals surface area contributed by atoms with Crippen LogP contribution in [0.4, 0.5) is 5.82 Å². The molecule has 0 saturated carbocycles. The van der Waals surface area contributed by atoms with Gasteiger partial charge in [-0.3, -0.25) is 5.10 Å². The number of hydrogen-bond acceptors (Lipinski definition) is 3. The molecule has 1 aromatic heterocycles. The molecule has 3 N–H and O–H groups in total. The van der Waals surface area contributed by atoms with E-state index in [1.165, 1.54) is 0 Å². The van der Waals surface area contributed by atoms with E-state index in [2.05, 4.69) is 10.2 Å². The highest BCUT2D eigenvalue weighted by atomic mass is 16.5. The zero-order chi connectivity index (χ0) is 6.69. The van der Waals surface area contributed by atoms with Crippen LogP contribution in [-0.2, 0) is 0 Å². The molecule has 0 aromatic carbocycles. The highest BCUT2D eigenvalue weighted by Crippen LogP contribution is 2.15. The minimum atomic E-state index is 0.483. The van der Waals surface area contributed by atoms with Crippen molar-refractivity contribution in [1.82, 2.24) is 10.2 Å². The Labute approximate surface area is 53.0 Å². The molecule has 4 nitrogen and oxygen atoms in total. The van der Waals surface area contributed by atoms with Gasteiger partial charge in [-0.05, 0) is 6.92 Å². The summed E-state index contributed by atoms with van der Waals surface area (Å²) in [6, 6.07) is 0. The number of nitrogen functional groups attached to an aromatic ring is 1. The van der Waals surface area contributed by atoms with Gasteiger partial charge in [0.15, 0.2) is 11.6 Å². The highest BCUT2D eigenvalue weighted by molar-refractivity contribution is 5.42. The number of aromatic nitrogens is 2. The zero-order valence-electron chi connectivity index (χ0n) is 5.22. The first-order valence-corrected chi connectivity index (χ1v) is 2.76. The number of nitrogens with two attached hydrogens (primary N) is 1. The van der Waals surface area contributed by atoms with E-state index in [9.17, 15) is 0 Å². The van der Waals surface area contributed by atoms with Crippen LogP contribution in [0.25, 0.3) is 0 Å². The molecule has 0 aliphatic carbocycles. The van der Waals surface area contributed by atoms with E-state index in [-0.39, 0.29) is 0 Å². The van der Waals surface area contributed by atoms with Crippen molar-refractivity contribution in [2.75, 3.05) is 12.3 Å². The fourth-order valence-electron chi connectivity index (χ4n) is 0.556. The average molecular weight is 127 g/mol. The number of hydrogen-bond donors (Lipinski definition) is 2. The van der Waals surface area contributed by atoms with E-state index in [1.54, 1.807) is 6.20 Å². The van der Waals surface area contributed by atoms with Crippen LogP contribution in [0.3, 0.4) is 0 Å². The Morgan fingerprint density at radius 1 is 1.89 bits per heavy atom. The van der Waals surface area contributed by atoms with E-state index in [0.717, 1.165) is 0 Å². The maximum absolute atomic E-state index is 5.38. The smallest absolute Gasteiger partial charge is 0.180 e. The lowest BCUT2D eigenvalue weighted by atomic mass is 10.6. The van der Waals surface area contributed by atoms with Gasteiger partial charge < -0.3 is 10.5 Å². The van der Waals surface area contributed by atoms with Gasteiger partial charge in [-0.2, -0.15) is 5.10 Å². The van der Waals surface area contributed by atoms with Gasteiger partial charge in [-0.25, -0.2) is 0 Å². The number of nitrogens with zero attached hydrogens (tertiary/aromatic N) is 1. The summed E-state index contributed by atoms with van der Waals surface area (Å²) in [7, 11) is 0. The number of H-pyrrole nitrogens is 1. The van der Waals surface area contributed by atoms with Crippen molar-refractivity contribution < 1.29 is 4.74 Å². The van der Waals surface area contributed by atoms with E-state index in [4.69, 9.17) is 10.5 Å². The molecule has 1 aromatic rings. The molecular weight excluding hydrogens is 118 g/mol. The van der Waals surface area contributed by atoms with Gasteiger partial charge in [0.1, 0.15) is 0 Å². The molecule has 0 saturated heterocycles. The fourth-order valence-corrected chi connectivity index (χ4v) is 0.556. The largest absolute Gasteiger partial charge is 0.488 e. The van der Waals surface area contributed by atoms with Crippen LogP contribution in [0.5, 0.6) is 5.75 Å². The van der Waals surface area contributed by atoms with Crippen molar-refractivity contribution in [2.45, 2.75) is 6.92 Å². The maximum atomic E-state index is 5.38. The van der Waals surface area contributed by atoms with Crippen LogP contribution in [-0.4, -0.2) is 16.8 Å². The lowest BCUT2D eigenvalue weighted by molar-refractivity contribution is 0.342. The summed E-state index contributed by atoms with van der Waals surface area (Å²) in [5, 5.41) is 6.22. The van der Waals surface area contributed by atoms with Gasteiger partial charge in [0.25, 0.3) is 0 Å². The Balaban J connectivity index is 2.69. The molecular formula is C5H9N3O. The van der Waals surface area contributed by atoms with E-state index >= 15 is 0 Å². The topological polar surface area (TPSA) is 63.9 Å². The molecule has 0 radical (unpaired) electrons. The summed E-state index contributed by atoms with van der Waals surface area (Å²) < 4.78 is 5.06. The zero-order valence-corrected chi connectivity index (χ0v) is 5.22. The first-order valence-electron chi connectivity index (χ1n) is 2.76. The summed E-state index contributed by atoms with van der Waals surface area (Å²) in [6.45, 7) is 2.51. The first-order chi connectivity index (χ1) is 4.34.